The van der Waals surface area contributed by atoms with Gasteiger partial charge in [0.1, 0.15) is 5.75 Å². The summed E-state index contributed by atoms with van der Waals surface area (Å²) < 4.78 is 5.16. The molecule has 0 saturated carbocycles. The van der Waals surface area contributed by atoms with Gasteiger partial charge in [-0.05, 0) is 38.5 Å². The van der Waals surface area contributed by atoms with E-state index in [9.17, 15) is 9.90 Å². The number of esters is 1. The molecule has 2 rings (SSSR count). The van der Waals surface area contributed by atoms with Crippen molar-refractivity contribution in [2.24, 2.45) is 5.92 Å². The Morgan fingerprint density at radius 2 is 1.83 bits per heavy atom. The summed E-state index contributed by atoms with van der Waals surface area (Å²) in [5, 5.41) is 13.3. The first-order valence-electron chi connectivity index (χ1n) is 7.80. The van der Waals surface area contributed by atoms with Crippen LogP contribution >= 0.6 is 0 Å². The van der Waals surface area contributed by atoms with E-state index < -0.39 is 5.92 Å². The van der Waals surface area contributed by atoms with Crippen molar-refractivity contribution in [1.29, 1.82) is 0 Å². The number of rotatable bonds is 6. The van der Waals surface area contributed by atoms with Gasteiger partial charge in [0.25, 0.3) is 0 Å². The molecule has 0 amide bonds. The molecule has 2 aromatic rings. The molecule has 0 aromatic heterocycles. The van der Waals surface area contributed by atoms with E-state index >= 15 is 0 Å². The van der Waals surface area contributed by atoms with E-state index in [0.717, 1.165) is 11.1 Å². The van der Waals surface area contributed by atoms with Crippen LogP contribution in [0, 0.1) is 12.8 Å². The minimum Gasteiger partial charge on any atom is -0.506 e. The Hall–Kier alpha value is -2.49. The lowest BCUT2D eigenvalue weighted by molar-refractivity contribution is -0.147. The van der Waals surface area contributed by atoms with Crippen molar-refractivity contribution in [2.45, 2.75) is 26.8 Å². The number of aryl methyl sites for hydroxylation is 1. The van der Waals surface area contributed by atoms with Gasteiger partial charge < -0.3 is 15.2 Å². The summed E-state index contributed by atoms with van der Waals surface area (Å²) in [7, 11) is 0. The molecule has 4 nitrogen and oxygen atoms in total. The lowest BCUT2D eigenvalue weighted by Crippen LogP contribution is -2.27. The number of carbonyl (C=O) groups is 1. The van der Waals surface area contributed by atoms with Crippen LogP contribution in [-0.4, -0.2) is 17.7 Å². The van der Waals surface area contributed by atoms with Crippen molar-refractivity contribution in [1.82, 2.24) is 0 Å². The van der Waals surface area contributed by atoms with Crippen LogP contribution in [0.4, 0.5) is 5.69 Å². The third-order valence-corrected chi connectivity index (χ3v) is 3.81. The summed E-state index contributed by atoms with van der Waals surface area (Å²) in [6.07, 6.45) is 0. The van der Waals surface area contributed by atoms with Gasteiger partial charge in [-0.25, -0.2) is 0 Å². The Labute approximate surface area is 137 Å². The Kier molecular flexibility index (Phi) is 5.63. The fourth-order valence-electron chi connectivity index (χ4n) is 2.44. The van der Waals surface area contributed by atoms with E-state index in [-0.39, 0.29) is 17.8 Å². The van der Waals surface area contributed by atoms with Gasteiger partial charge in [-0.1, -0.05) is 42.0 Å². The molecule has 2 aromatic carbocycles. The van der Waals surface area contributed by atoms with Gasteiger partial charge in [-0.2, -0.15) is 0 Å². The van der Waals surface area contributed by atoms with E-state index in [1.165, 1.54) is 0 Å². The van der Waals surface area contributed by atoms with Gasteiger partial charge in [-0.3, -0.25) is 4.79 Å². The molecule has 2 N–H and O–H groups in total. The van der Waals surface area contributed by atoms with Crippen LogP contribution in [0.2, 0.25) is 0 Å². The average molecular weight is 313 g/mol. The molecule has 0 radical (unpaired) electrons. The molecule has 4 heteroatoms. The standard InChI is InChI=1S/C19H23NO3/c1-4-23-19(22)14(3)18(15-11-9-13(2)10-12-15)20-16-7-5-6-8-17(16)21/h5-12,14,18,20-21H,4H2,1-3H3/t14-,18?/m0/s1. The SMILES string of the molecule is CCOC(=O)[C@@H](C)C(Nc1ccccc1O)c1ccc(C)cc1. The molecule has 0 bridgehead atoms. The number of nitrogens with one attached hydrogen (secondary N) is 1. The largest absolute Gasteiger partial charge is 0.506 e. The highest BCUT2D eigenvalue weighted by Gasteiger charge is 2.27. The van der Waals surface area contributed by atoms with Crippen molar-refractivity contribution in [3.05, 3.63) is 59.7 Å². The zero-order valence-electron chi connectivity index (χ0n) is 13.7. The maximum atomic E-state index is 12.2. The van der Waals surface area contributed by atoms with Gasteiger partial charge in [0.2, 0.25) is 0 Å². The van der Waals surface area contributed by atoms with Crippen molar-refractivity contribution in [3.8, 4) is 5.75 Å². The second kappa shape index (κ2) is 7.68. The number of carbonyl (C=O) groups excluding carboxylic acids is 1. The molecule has 0 aliphatic rings. The minimum absolute atomic E-state index is 0.153. The normalized spacial score (nSPS) is 13.2. The van der Waals surface area contributed by atoms with Crippen molar-refractivity contribution >= 4 is 11.7 Å². The molecule has 1 unspecified atom stereocenters. The fraction of sp³-hybridized carbons (Fsp3) is 0.316. The first-order valence-corrected chi connectivity index (χ1v) is 7.80. The average Bonchev–Trinajstić information content (AvgIpc) is 2.55. The predicted octanol–water partition coefficient (Wildman–Crippen LogP) is 4.05. The lowest BCUT2D eigenvalue weighted by Gasteiger charge is -2.26. The molecule has 122 valence electrons. The molecule has 0 spiro atoms. The molecule has 2 atom stereocenters. The maximum Gasteiger partial charge on any atom is 0.311 e. The highest BCUT2D eigenvalue weighted by molar-refractivity contribution is 5.74. The molecule has 0 aliphatic heterocycles. The van der Waals surface area contributed by atoms with E-state index in [0.29, 0.717) is 12.3 Å². The van der Waals surface area contributed by atoms with Crippen molar-refractivity contribution in [3.63, 3.8) is 0 Å². The summed E-state index contributed by atoms with van der Waals surface area (Å²) in [6.45, 7) is 5.99. The van der Waals surface area contributed by atoms with Gasteiger partial charge in [0.05, 0.1) is 24.3 Å². The number of ether oxygens (including phenoxy) is 1. The molecule has 23 heavy (non-hydrogen) atoms. The first-order chi connectivity index (χ1) is 11.0. The molecular formula is C19H23NO3. The highest BCUT2D eigenvalue weighted by Crippen LogP contribution is 2.31. The van der Waals surface area contributed by atoms with Gasteiger partial charge in [0, 0.05) is 0 Å². The van der Waals surface area contributed by atoms with E-state index in [1.54, 1.807) is 25.1 Å². The smallest absolute Gasteiger partial charge is 0.311 e. The molecule has 0 heterocycles. The topological polar surface area (TPSA) is 58.6 Å². The second-order valence-electron chi connectivity index (χ2n) is 5.59. The van der Waals surface area contributed by atoms with Gasteiger partial charge >= 0.3 is 5.97 Å². The predicted molar refractivity (Wildman–Crippen MR) is 91.4 cm³/mol. The monoisotopic (exact) mass is 313 g/mol. The number of para-hydroxylation sites is 2. The van der Waals surface area contributed by atoms with Crippen LogP contribution in [0.25, 0.3) is 0 Å². The fourth-order valence-corrected chi connectivity index (χ4v) is 2.44. The number of phenols is 1. The van der Waals surface area contributed by atoms with Gasteiger partial charge in [0.15, 0.2) is 0 Å². The summed E-state index contributed by atoms with van der Waals surface area (Å²) in [4.78, 5) is 12.2. The van der Waals surface area contributed by atoms with Crippen LogP contribution in [0.5, 0.6) is 5.75 Å². The van der Waals surface area contributed by atoms with Crippen LogP contribution in [0.3, 0.4) is 0 Å². The second-order valence-corrected chi connectivity index (χ2v) is 5.59. The van der Waals surface area contributed by atoms with E-state index in [2.05, 4.69) is 5.32 Å². The zero-order chi connectivity index (χ0) is 16.8. The molecule has 0 fully saturated rings. The zero-order valence-corrected chi connectivity index (χ0v) is 13.7. The Morgan fingerprint density at radius 1 is 1.17 bits per heavy atom. The Morgan fingerprint density at radius 3 is 2.43 bits per heavy atom. The lowest BCUT2D eigenvalue weighted by atomic mass is 9.93. The summed E-state index contributed by atoms with van der Waals surface area (Å²) in [5.41, 5.74) is 2.72. The van der Waals surface area contributed by atoms with Crippen LogP contribution < -0.4 is 5.32 Å². The number of phenolic OH excluding ortho intramolecular Hbond substituents is 1. The van der Waals surface area contributed by atoms with E-state index in [4.69, 9.17) is 4.74 Å². The summed E-state index contributed by atoms with van der Waals surface area (Å²) in [5.74, 6) is -0.501. The number of anilines is 1. The van der Waals surface area contributed by atoms with Crippen molar-refractivity contribution in [2.75, 3.05) is 11.9 Å². The van der Waals surface area contributed by atoms with Crippen LogP contribution in [0.15, 0.2) is 48.5 Å². The van der Waals surface area contributed by atoms with Crippen LogP contribution in [-0.2, 0) is 9.53 Å². The highest BCUT2D eigenvalue weighted by atomic mass is 16.5. The Bertz CT molecular complexity index is 652. The van der Waals surface area contributed by atoms with Crippen LogP contribution in [0.1, 0.15) is 31.0 Å². The number of benzene rings is 2. The number of hydrogen-bond donors (Lipinski definition) is 2. The van der Waals surface area contributed by atoms with Crippen molar-refractivity contribution < 1.29 is 14.6 Å². The van der Waals surface area contributed by atoms with E-state index in [1.807, 2.05) is 44.2 Å². The number of hydrogen-bond acceptors (Lipinski definition) is 4. The number of aromatic hydroxyl groups is 1. The van der Waals surface area contributed by atoms with Gasteiger partial charge in [-0.15, -0.1) is 0 Å². The molecular weight excluding hydrogens is 290 g/mol. The first kappa shape index (κ1) is 16.9. The Balaban J connectivity index is 2.32. The quantitative estimate of drug-likeness (QED) is 0.624. The molecule has 0 saturated heterocycles. The summed E-state index contributed by atoms with van der Waals surface area (Å²) in [6, 6.07) is 14.7. The maximum absolute atomic E-state index is 12.2. The molecule has 0 aliphatic carbocycles. The minimum atomic E-state index is -0.391. The third-order valence-electron chi connectivity index (χ3n) is 3.81. The summed E-state index contributed by atoms with van der Waals surface area (Å²) >= 11 is 0. The third kappa shape index (κ3) is 4.25.